The molecule has 11 heteroatoms. The summed E-state index contributed by atoms with van der Waals surface area (Å²) in [6.07, 6.45) is 0.398. The first-order valence-electron chi connectivity index (χ1n) is 7.81. The van der Waals surface area contributed by atoms with Crippen LogP contribution >= 0.6 is 24.2 Å². The molecule has 0 bridgehead atoms. The second-order valence-electron chi connectivity index (χ2n) is 5.42. The van der Waals surface area contributed by atoms with Crippen molar-refractivity contribution in [2.24, 2.45) is 5.73 Å². The number of aromatic carboxylic acids is 1. The number of anilines is 1. The number of rotatable bonds is 8. The number of hydrogen-bond donors (Lipinski definition) is 6. The Morgan fingerprint density at radius 1 is 1.26 bits per heavy atom. The molecule has 1 aromatic heterocycles. The number of nitrogens with two attached hydrogens (primary N) is 1. The van der Waals surface area contributed by atoms with Gasteiger partial charge < -0.3 is 21.3 Å². The van der Waals surface area contributed by atoms with E-state index in [-0.39, 0.29) is 35.0 Å². The van der Waals surface area contributed by atoms with Gasteiger partial charge >= 0.3 is 12.0 Å². The lowest BCUT2D eigenvalue weighted by molar-refractivity contribution is 0.0696. The molecule has 2 aromatic rings. The Kier molecular flexibility index (Phi) is 7.16. The van der Waals surface area contributed by atoms with Gasteiger partial charge in [0.1, 0.15) is 5.00 Å². The third-order valence-corrected chi connectivity index (χ3v) is 4.86. The van der Waals surface area contributed by atoms with Crippen LogP contribution in [0.1, 0.15) is 43.6 Å². The number of aliphatic hydroxyl groups excluding tert-OH is 1. The van der Waals surface area contributed by atoms with Crippen LogP contribution in [0.4, 0.5) is 9.80 Å². The van der Waals surface area contributed by atoms with Crippen molar-refractivity contribution in [1.82, 2.24) is 9.69 Å². The van der Waals surface area contributed by atoms with Gasteiger partial charge in [-0.25, -0.2) is 9.59 Å². The Labute approximate surface area is 164 Å². The molecule has 9 nitrogen and oxygen atoms in total. The number of thiol groups is 1. The molecular formula is C16H18N4O5S2. The number of aliphatic hydroxyl groups is 1. The van der Waals surface area contributed by atoms with Crippen LogP contribution in [0.15, 0.2) is 24.3 Å². The van der Waals surface area contributed by atoms with Crippen molar-refractivity contribution in [3.05, 3.63) is 46.6 Å². The molecule has 1 heterocycles. The summed E-state index contributed by atoms with van der Waals surface area (Å²) in [6.45, 7) is 0.213. The summed E-state index contributed by atoms with van der Waals surface area (Å²) in [7, 11) is 0. The Bertz CT molecular complexity index is 838. The molecule has 0 radical (unpaired) electrons. The predicted molar refractivity (Wildman–Crippen MR) is 104 cm³/mol. The first-order valence-corrected chi connectivity index (χ1v) is 9.10. The van der Waals surface area contributed by atoms with Gasteiger partial charge in [-0.3, -0.25) is 10.1 Å². The zero-order chi connectivity index (χ0) is 20.0. The Hall–Kier alpha value is -2.63. The normalized spacial score (nSPS) is 11.6. The van der Waals surface area contributed by atoms with Crippen LogP contribution in [-0.4, -0.2) is 45.6 Å². The van der Waals surface area contributed by atoms with Gasteiger partial charge in [-0.2, -0.15) is 17.0 Å². The van der Waals surface area contributed by atoms with Crippen LogP contribution < -0.4 is 16.4 Å². The maximum atomic E-state index is 11.9. The summed E-state index contributed by atoms with van der Waals surface area (Å²) in [4.78, 5) is 34.7. The summed E-state index contributed by atoms with van der Waals surface area (Å²) >= 11 is 5.35. The van der Waals surface area contributed by atoms with E-state index in [2.05, 4.69) is 27.6 Å². The van der Waals surface area contributed by atoms with Gasteiger partial charge in [-0.05, 0) is 35.6 Å². The van der Waals surface area contributed by atoms with E-state index in [1.165, 1.54) is 12.1 Å². The summed E-state index contributed by atoms with van der Waals surface area (Å²) < 4.78 is 4.19. The average Bonchev–Trinajstić information content (AvgIpc) is 3.05. The largest absolute Gasteiger partial charge is 0.478 e. The predicted octanol–water partition coefficient (Wildman–Crippen LogP) is 1.46. The molecule has 0 aliphatic heterocycles. The van der Waals surface area contributed by atoms with Crippen LogP contribution in [0.25, 0.3) is 0 Å². The van der Waals surface area contributed by atoms with Crippen LogP contribution in [0, 0.1) is 0 Å². The van der Waals surface area contributed by atoms with Crippen molar-refractivity contribution in [2.75, 3.05) is 18.5 Å². The summed E-state index contributed by atoms with van der Waals surface area (Å²) in [6, 6.07) is 5.43. The highest BCUT2D eigenvalue weighted by Gasteiger charge is 2.25. The Morgan fingerprint density at radius 3 is 2.48 bits per heavy atom. The Balaban J connectivity index is 2.24. The molecular weight excluding hydrogens is 392 g/mol. The van der Waals surface area contributed by atoms with E-state index in [1.54, 1.807) is 12.1 Å². The summed E-state index contributed by atoms with van der Waals surface area (Å²) in [5.74, 6) is -1.83. The topological polar surface area (TPSA) is 155 Å². The van der Waals surface area contributed by atoms with E-state index in [0.717, 1.165) is 11.5 Å². The third-order valence-electron chi connectivity index (χ3n) is 3.54. The molecule has 0 aliphatic carbocycles. The number of carbonyl (C=O) groups is 3. The number of hydrogen-bond acceptors (Lipinski definition) is 7. The highest BCUT2D eigenvalue weighted by atomic mass is 32.1. The number of primary amides is 1. The first kappa shape index (κ1) is 20.7. The zero-order valence-electron chi connectivity index (χ0n) is 14.0. The number of amides is 3. The molecule has 6 N–H and O–H groups in total. The minimum absolute atomic E-state index is 0.0413. The lowest BCUT2D eigenvalue weighted by atomic mass is 10.0. The number of aromatic nitrogens is 1. The molecule has 2 rings (SSSR count). The lowest BCUT2D eigenvalue weighted by Crippen LogP contribution is -2.30. The highest BCUT2D eigenvalue weighted by molar-refractivity contribution is 7.80. The van der Waals surface area contributed by atoms with Gasteiger partial charge in [-0.1, -0.05) is 12.1 Å². The van der Waals surface area contributed by atoms with Crippen LogP contribution in [0.5, 0.6) is 0 Å². The fourth-order valence-corrected chi connectivity index (χ4v) is 3.46. The van der Waals surface area contributed by atoms with Gasteiger partial charge in [0.2, 0.25) is 0 Å². The second-order valence-corrected chi connectivity index (χ2v) is 6.71. The minimum Gasteiger partial charge on any atom is -0.478 e. The maximum absolute atomic E-state index is 11.9. The number of carbonyl (C=O) groups excluding carboxylic acids is 2. The molecule has 1 atom stereocenters. The number of urea groups is 1. The summed E-state index contributed by atoms with van der Waals surface area (Å²) in [5.41, 5.74) is 6.50. The van der Waals surface area contributed by atoms with Crippen molar-refractivity contribution in [2.45, 2.75) is 11.7 Å². The second kappa shape index (κ2) is 9.35. The monoisotopic (exact) mass is 410 g/mol. The molecule has 144 valence electrons. The van der Waals surface area contributed by atoms with Gasteiger partial charge in [0.15, 0.2) is 0 Å². The van der Waals surface area contributed by atoms with E-state index in [1.807, 2.05) is 0 Å². The van der Waals surface area contributed by atoms with E-state index in [9.17, 15) is 14.4 Å². The molecule has 0 fully saturated rings. The molecule has 27 heavy (non-hydrogen) atoms. The maximum Gasteiger partial charge on any atom is 0.335 e. The van der Waals surface area contributed by atoms with Crippen molar-refractivity contribution in [1.29, 1.82) is 0 Å². The molecule has 0 saturated carbocycles. The molecule has 1 unspecified atom stereocenters. The molecule has 3 amide bonds. The highest BCUT2D eigenvalue weighted by Crippen LogP contribution is 2.35. The number of nitrogens with one attached hydrogen (secondary N) is 2. The average molecular weight is 410 g/mol. The molecule has 0 saturated heterocycles. The van der Waals surface area contributed by atoms with E-state index >= 15 is 0 Å². The quantitative estimate of drug-likeness (QED) is 0.286. The number of carboxylic acids is 1. The van der Waals surface area contributed by atoms with E-state index in [0.29, 0.717) is 12.0 Å². The van der Waals surface area contributed by atoms with Gasteiger partial charge in [-0.15, -0.1) is 0 Å². The first-order chi connectivity index (χ1) is 12.8. The van der Waals surface area contributed by atoms with Gasteiger partial charge in [0.05, 0.1) is 22.1 Å². The van der Waals surface area contributed by atoms with Crippen molar-refractivity contribution in [3.63, 3.8) is 0 Å². The standard InChI is InChI=1S/C16H18N4O5S2/c17-13(22)10-11(12(26)8-2-4-9(5-3-8)15(23)24)20-27-14(10)19-16(25)18-6-1-7-21/h2-5,12,21,26H,1,6-7H2,(H2,17,22)(H,23,24)(H2,18,19,25). The van der Waals surface area contributed by atoms with Gasteiger partial charge in [0, 0.05) is 13.2 Å². The van der Waals surface area contributed by atoms with E-state index in [4.69, 9.17) is 15.9 Å². The van der Waals surface area contributed by atoms with Gasteiger partial charge in [0.25, 0.3) is 5.91 Å². The van der Waals surface area contributed by atoms with Crippen molar-refractivity contribution in [3.8, 4) is 0 Å². The van der Waals surface area contributed by atoms with E-state index < -0.39 is 23.2 Å². The van der Waals surface area contributed by atoms with Crippen molar-refractivity contribution >= 4 is 47.1 Å². The molecule has 0 spiro atoms. The summed E-state index contributed by atoms with van der Waals surface area (Å²) in [5, 5.41) is 22.3. The Morgan fingerprint density at radius 2 is 1.93 bits per heavy atom. The van der Waals surface area contributed by atoms with Crippen LogP contribution in [0.2, 0.25) is 0 Å². The molecule has 1 aromatic carbocycles. The fourth-order valence-electron chi connectivity index (χ4n) is 2.21. The van der Waals surface area contributed by atoms with Crippen LogP contribution in [0.3, 0.4) is 0 Å². The molecule has 0 aliphatic rings. The number of benzene rings is 1. The minimum atomic E-state index is -1.05. The van der Waals surface area contributed by atoms with Crippen molar-refractivity contribution < 1.29 is 24.6 Å². The SMILES string of the molecule is NC(=O)c1c(C(S)c2ccc(C(=O)O)cc2)nsc1NC(=O)NCCCO. The third kappa shape index (κ3) is 5.18. The smallest absolute Gasteiger partial charge is 0.335 e. The lowest BCUT2D eigenvalue weighted by Gasteiger charge is -2.11. The number of carboxylic acid groups (broad SMARTS) is 1. The zero-order valence-corrected chi connectivity index (χ0v) is 15.7. The fraction of sp³-hybridized carbons (Fsp3) is 0.250. The number of nitrogens with zero attached hydrogens (tertiary/aromatic N) is 1. The van der Waals surface area contributed by atoms with Crippen LogP contribution in [-0.2, 0) is 0 Å².